The standard InChI is InChI=1S/C12H5BrCl5FN2OS/c13-12-11(23(17,18,22)4-19)6(3-20)10(21-12)9-7(15)1-5(14)2-8(9)16/h1-2,21H,4H2. The van der Waals surface area contributed by atoms with Gasteiger partial charge in [-0.2, -0.15) is 5.26 Å². The molecular weight excluding hydrogens is 496 g/mol. The molecule has 3 nitrogen and oxygen atoms in total. The minimum Gasteiger partial charge on any atom is -0.347 e. The number of benzene rings is 1. The molecule has 2 aromatic rings. The predicted octanol–water partition coefficient (Wildman–Crippen LogP) is 6.69. The lowest BCUT2D eigenvalue weighted by atomic mass is 10.1. The number of nitrogens with zero attached hydrogens (tertiary/aromatic N) is 1. The summed E-state index contributed by atoms with van der Waals surface area (Å²) in [6.07, 6.45) is 0. The molecular formula is C12H5BrCl5FN2OS. The minimum atomic E-state index is -4.91. The van der Waals surface area contributed by atoms with Gasteiger partial charge in [0.2, 0.25) is 0 Å². The summed E-state index contributed by atoms with van der Waals surface area (Å²) >= 11 is 21.1. The van der Waals surface area contributed by atoms with Crippen molar-refractivity contribution in [1.82, 2.24) is 4.98 Å². The van der Waals surface area contributed by atoms with Crippen LogP contribution >= 0.6 is 72.1 Å². The Labute approximate surface area is 163 Å². The number of nitrogens with one attached hydrogen (secondary N) is 1. The molecule has 11 heteroatoms. The fourth-order valence-corrected chi connectivity index (χ4v) is 6.88. The van der Waals surface area contributed by atoms with E-state index in [4.69, 9.17) is 56.2 Å². The molecule has 1 N–H and O–H groups in total. The van der Waals surface area contributed by atoms with Gasteiger partial charge < -0.3 is 4.98 Å². The Bertz CT molecular complexity index is 894. The molecule has 0 aliphatic rings. The van der Waals surface area contributed by atoms with Crippen molar-refractivity contribution in [2.75, 3.05) is 6.01 Å². The van der Waals surface area contributed by atoms with Gasteiger partial charge in [0.25, 0.3) is 0 Å². The highest BCUT2D eigenvalue weighted by Crippen LogP contribution is 2.52. The second kappa shape index (κ2) is 6.38. The maximum absolute atomic E-state index is 13.2. The Morgan fingerprint density at radius 2 is 1.78 bits per heavy atom. The Hall–Kier alpha value is 0.000000000000000167. The minimum absolute atomic E-state index is 0.00853. The third-order valence-corrected chi connectivity index (χ3v) is 7.47. The van der Waals surface area contributed by atoms with Gasteiger partial charge >= 0.3 is 0 Å². The molecule has 1 heterocycles. The average molecular weight is 501 g/mol. The summed E-state index contributed by atoms with van der Waals surface area (Å²) in [5, 5.41) is 9.97. The van der Waals surface area contributed by atoms with Crippen molar-refractivity contribution in [3.8, 4) is 17.3 Å². The number of aromatic nitrogens is 1. The van der Waals surface area contributed by atoms with Crippen molar-refractivity contribution < 1.29 is 8.60 Å². The first kappa shape index (κ1) is 19.3. The molecule has 0 saturated carbocycles. The van der Waals surface area contributed by atoms with Crippen molar-refractivity contribution in [3.63, 3.8) is 0 Å². The van der Waals surface area contributed by atoms with E-state index in [1.165, 1.54) is 12.1 Å². The summed E-state index contributed by atoms with van der Waals surface area (Å²) in [7, 11) is 6.59. The van der Waals surface area contributed by atoms with Crippen LogP contribution in [0.1, 0.15) is 5.56 Å². The maximum Gasteiger partial charge on any atom is 0.173 e. The van der Waals surface area contributed by atoms with Crippen LogP contribution in [-0.4, -0.2) is 15.2 Å². The molecule has 0 fully saturated rings. The highest BCUT2D eigenvalue weighted by Gasteiger charge is 2.42. The van der Waals surface area contributed by atoms with E-state index in [9.17, 15) is 13.9 Å². The van der Waals surface area contributed by atoms with Gasteiger partial charge in [-0.1, -0.05) is 34.8 Å². The van der Waals surface area contributed by atoms with E-state index in [1.54, 1.807) is 6.07 Å². The molecule has 0 amide bonds. The van der Waals surface area contributed by atoms with Crippen LogP contribution in [0.2, 0.25) is 15.1 Å². The zero-order valence-electron chi connectivity index (χ0n) is 10.8. The summed E-state index contributed by atoms with van der Waals surface area (Å²) in [6, 6.07) is 3.05. The van der Waals surface area contributed by atoms with Gasteiger partial charge in [0.1, 0.15) is 10.7 Å². The number of alkyl halides is 1. The van der Waals surface area contributed by atoms with Crippen LogP contribution in [0.4, 0.5) is 4.39 Å². The summed E-state index contributed by atoms with van der Waals surface area (Å²) in [5.74, 6) is 0. The van der Waals surface area contributed by atoms with E-state index in [0.29, 0.717) is 0 Å². The van der Waals surface area contributed by atoms with Crippen LogP contribution in [0.15, 0.2) is 21.6 Å². The molecule has 0 radical (unpaired) electrons. The van der Waals surface area contributed by atoms with Crippen molar-refractivity contribution in [2.24, 2.45) is 0 Å². The van der Waals surface area contributed by atoms with Crippen molar-refractivity contribution in [3.05, 3.63) is 37.4 Å². The van der Waals surface area contributed by atoms with E-state index in [2.05, 4.69) is 20.9 Å². The summed E-state index contributed by atoms with van der Waals surface area (Å²) < 4.78 is 25.7. The molecule has 0 aliphatic heterocycles. The molecule has 0 aliphatic carbocycles. The van der Waals surface area contributed by atoms with Gasteiger partial charge in [-0.25, -0.2) is 8.60 Å². The lowest BCUT2D eigenvalue weighted by Crippen LogP contribution is -2.20. The second-order valence-electron chi connectivity index (χ2n) is 4.39. The van der Waals surface area contributed by atoms with Gasteiger partial charge in [-0.3, -0.25) is 0 Å². The third-order valence-electron chi connectivity index (χ3n) is 2.84. The first-order valence-corrected chi connectivity index (χ1v) is 11.3. The predicted molar refractivity (Wildman–Crippen MR) is 97.8 cm³/mol. The van der Waals surface area contributed by atoms with Crippen molar-refractivity contribution >= 4 is 79.6 Å². The molecule has 0 atom stereocenters. The fourth-order valence-electron chi connectivity index (χ4n) is 1.94. The van der Waals surface area contributed by atoms with E-state index in [0.717, 1.165) is 0 Å². The summed E-state index contributed by atoms with van der Waals surface area (Å²) in [4.78, 5) is 2.34. The lowest BCUT2D eigenvalue weighted by molar-refractivity contribution is 0.574. The number of hydrogen-bond acceptors (Lipinski definition) is 2. The maximum atomic E-state index is 13.2. The first-order valence-electron chi connectivity index (χ1n) is 5.62. The second-order valence-corrected chi connectivity index (χ2v) is 13.3. The number of H-pyrrole nitrogens is 1. The van der Waals surface area contributed by atoms with Gasteiger partial charge in [0.15, 0.2) is 6.01 Å². The number of halogens is 7. The van der Waals surface area contributed by atoms with Gasteiger partial charge in [-0.15, -0.1) is 0 Å². The average Bonchev–Trinajstić information content (AvgIpc) is 2.75. The molecule has 0 bridgehead atoms. The third kappa shape index (κ3) is 3.52. The summed E-state index contributed by atoms with van der Waals surface area (Å²) in [6.45, 7) is 0. The zero-order chi connectivity index (χ0) is 17.6. The Morgan fingerprint density at radius 1 is 1.26 bits per heavy atom. The van der Waals surface area contributed by atoms with Gasteiger partial charge in [-0.05, 0) is 49.4 Å². The molecule has 23 heavy (non-hydrogen) atoms. The van der Waals surface area contributed by atoms with E-state index >= 15 is 0 Å². The van der Waals surface area contributed by atoms with Crippen LogP contribution < -0.4 is 0 Å². The Kier molecular flexibility index (Phi) is 5.36. The Morgan fingerprint density at radius 3 is 2.22 bits per heavy atom. The number of rotatable bonds is 3. The molecule has 2 rings (SSSR count). The monoisotopic (exact) mass is 498 g/mol. The highest BCUT2D eigenvalue weighted by molar-refractivity contribution is 9.10. The van der Waals surface area contributed by atoms with Crippen LogP contribution in [0.25, 0.3) is 11.3 Å². The van der Waals surface area contributed by atoms with Crippen LogP contribution in [-0.2, 0) is 7.49 Å². The smallest absolute Gasteiger partial charge is 0.173 e. The first-order chi connectivity index (χ1) is 10.5. The Balaban J connectivity index is 2.90. The van der Waals surface area contributed by atoms with Gasteiger partial charge in [0.05, 0.1) is 33.7 Å². The molecule has 124 valence electrons. The quantitative estimate of drug-likeness (QED) is 0.477. The van der Waals surface area contributed by atoms with Crippen LogP contribution in [0.3, 0.4) is 0 Å². The molecule has 0 unspecified atom stereocenters. The lowest BCUT2D eigenvalue weighted by Gasteiger charge is -2.24. The van der Waals surface area contributed by atoms with Crippen molar-refractivity contribution in [1.29, 1.82) is 5.26 Å². The molecule has 1 aromatic heterocycles. The molecule has 0 saturated heterocycles. The highest BCUT2D eigenvalue weighted by atomic mass is 79.9. The zero-order valence-corrected chi connectivity index (χ0v) is 17.0. The van der Waals surface area contributed by atoms with Crippen molar-refractivity contribution in [2.45, 2.75) is 4.90 Å². The summed E-state index contributed by atoms with van der Waals surface area (Å²) in [5.41, 5.74) is 0.0776. The van der Waals surface area contributed by atoms with E-state index in [1.807, 2.05) is 0 Å². The SMILES string of the molecule is N#Cc1c(-c2c(Cl)cc(Cl)cc2Cl)[nH]c(Br)c1S(=O)(Cl)(Cl)CF. The number of aromatic amines is 1. The van der Waals surface area contributed by atoms with Gasteiger partial charge in [0, 0.05) is 10.6 Å². The number of hydrogen-bond donors (Lipinski definition) is 1. The topological polar surface area (TPSA) is 56.6 Å². The molecule has 0 spiro atoms. The fraction of sp³-hybridized carbons (Fsp3) is 0.0833. The normalized spacial score (nSPS) is 13.4. The number of nitriles is 1. The largest absolute Gasteiger partial charge is 0.347 e. The van der Waals surface area contributed by atoms with E-state index in [-0.39, 0.29) is 41.4 Å². The van der Waals surface area contributed by atoms with Crippen LogP contribution in [0, 0.1) is 11.3 Å². The molecule has 1 aromatic carbocycles. The van der Waals surface area contributed by atoms with Crippen LogP contribution in [0.5, 0.6) is 0 Å². The van der Waals surface area contributed by atoms with E-state index < -0.39 is 13.5 Å².